The van der Waals surface area contributed by atoms with Gasteiger partial charge in [-0.2, -0.15) is 16.9 Å². The third-order valence-corrected chi connectivity index (χ3v) is 4.74. The summed E-state index contributed by atoms with van der Waals surface area (Å²) >= 11 is 5.55. The first kappa shape index (κ1) is 14.1. The summed E-state index contributed by atoms with van der Waals surface area (Å²) in [5.41, 5.74) is 8.01. The van der Waals surface area contributed by atoms with Crippen LogP contribution in [-0.4, -0.2) is 22.1 Å². The second kappa shape index (κ2) is 6.67. The molecule has 1 aromatic heterocycles. The number of aryl methyl sites for hydroxylation is 2. The summed E-state index contributed by atoms with van der Waals surface area (Å²) in [5, 5.41) is 4.48. The van der Waals surface area contributed by atoms with Gasteiger partial charge < -0.3 is 5.73 Å². The normalized spacial score (nSPS) is 13.1. The number of hydrogen-bond acceptors (Lipinski definition) is 3. The van der Waals surface area contributed by atoms with Gasteiger partial charge in [0.2, 0.25) is 0 Å². The molecule has 1 heterocycles. The van der Waals surface area contributed by atoms with Crippen LogP contribution < -0.4 is 5.73 Å². The Balaban J connectivity index is 2.56. The van der Waals surface area contributed by atoms with Crippen LogP contribution in [0.5, 0.6) is 0 Å². The second-order valence-electron chi connectivity index (χ2n) is 4.04. The first-order chi connectivity index (χ1) is 7.60. The van der Waals surface area contributed by atoms with Crippen molar-refractivity contribution in [1.29, 1.82) is 0 Å². The van der Waals surface area contributed by atoms with E-state index in [4.69, 9.17) is 5.73 Å². The fraction of sp³-hybridized carbons (Fsp3) is 0.727. The van der Waals surface area contributed by atoms with Crippen molar-refractivity contribution in [1.82, 2.24) is 9.78 Å². The van der Waals surface area contributed by atoms with Crippen molar-refractivity contribution in [2.75, 3.05) is 12.3 Å². The lowest BCUT2D eigenvalue weighted by atomic mass is 10.2. The fourth-order valence-corrected chi connectivity index (χ4v) is 3.52. The molecular weight excluding hydrogens is 286 g/mol. The summed E-state index contributed by atoms with van der Waals surface area (Å²) in [5.74, 6) is 2.69. The highest BCUT2D eigenvalue weighted by Gasteiger charge is 2.12. The van der Waals surface area contributed by atoms with Crippen molar-refractivity contribution in [2.24, 2.45) is 18.7 Å². The first-order valence-corrected chi connectivity index (χ1v) is 7.52. The van der Waals surface area contributed by atoms with Crippen molar-refractivity contribution < 1.29 is 0 Å². The molecule has 0 saturated heterocycles. The van der Waals surface area contributed by atoms with Gasteiger partial charge in [-0.15, -0.1) is 0 Å². The molecule has 0 aromatic carbocycles. The molecule has 0 aliphatic heterocycles. The van der Waals surface area contributed by atoms with Gasteiger partial charge >= 0.3 is 0 Å². The summed E-state index contributed by atoms with van der Waals surface area (Å²) in [4.78, 5) is 0. The zero-order valence-corrected chi connectivity index (χ0v) is 12.6. The average Bonchev–Trinajstić information content (AvgIpc) is 2.55. The Morgan fingerprint density at radius 2 is 2.25 bits per heavy atom. The maximum atomic E-state index is 5.60. The lowest BCUT2D eigenvalue weighted by molar-refractivity contribution is 0.674. The molecule has 2 N–H and O–H groups in total. The summed E-state index contributed by atoms with van der Waals surface area (Å²) in [6, 6.07) is 0. The van der Waals surface area contributed by atoms with E-state index < -0.39 is 0 Å². The number of nitrogens with two attached hydrogens (primary N) is 1. The molecule has 0 spiro atoms. The van der Waals surface area contributed by atoms with Gasteiger partial charge in [0.05, 0.1) is 15.9 Å². The zero-order chi connectivity index (χ0) is 12.1. The average molecular weight is 306 g/mol. The van der Waals surface area contributed by atoms with E-state index in [0.717, 1.165) is 30.2 Å². The monoisotopic (exact) mass is 305 g/mol. The van der Waals surface area contributed by atoms with Gasteiger partial charge in [0.1, 0.15) is 0 Å². The zero-order valence-electron chi connectivity index (χ0n) is 10.2. The van der Waals surface area contributed by atoms with Gasteiger partial charge in [-0.1, -0.05) is 13.8 Å². The SMILES string of the molecule is CCc1nn(C)c(CSCC(C)CN)c1Br. The Morgan fingerprint density at radius 3 is 2.75 bits per heavy atom. The van der Waals surface area contributed by atoms with E-state index in [-0.39, 0.29) is 0 Å². The van der Waals surface area contributed by atoms with E-state index in [1.807, 2.05) is 23.5 Å². The molecule has 1 aromatic rings. The summed E-state index contributed by atoms with van der Waals surface area (Å²) in [7, 11) is 2.01. The Bertz CT molecular complexity index is 338. The molecule has 5 heteroatoms. The maximum absolute atomic E-state index is 5.60. The van der Waals surface area contributed by atoms with Crippen molar-refractivity contribution >= 4 is 27.7 Å². The van der Waals surface area contributed by atoms with Crippen LogP contribution in [0.15, 0.2) is 4.47 Å². The van der Waals surface area contributed by atoms with Gasteiger partial charge in [0.25, 0.3) is 0 Å². The summed E-state index contributed by atoms with van der Waals surface area (Å²) < 4.78 is 3.15. The fourth-order valence-electron chi connectivity index (χ4n) is 1.40. The molecule has 1 atom stereocenters. The molecule has 0 radical (unpaired) electrons. The third kappa shape index (κ3) is 3.50. The minimum atomic E-state index is 0.586. The topological polar surface area (TPSA) is 43.8 Å². The maximum Gasteiger partial charge on any atom is 0.0767 e. The predicted molar refractivity (Wildman–Crippen MR) is 74.7 cm³/mol. The molecule has 1 rings (SSSR count). The number of rotatable bonds is 6. The van der Waals surface area contributed by atoms with Crippen molar-refractivity contribution in [3.63, 3.8) is 0 Å². The number of hydrogen-bond donors (Lipinski definition) is 1. The van der Waals surface area contributed by atoms with Crippen LogP contribution in [-0.2, 0) is 19.2 Å². The van der Waals surface area contributed by atoms with E-state index in [2.05, 4.69) is 34.9 Å². The highest BCUT2D eigenvalue weighted by atomic mass is 79.9. The van der Waals surface area contributed by atoms with Gasteiger partial charge in [-0.25, -0.2) is 0 Å². The molecule has 16 heavy (non-hydrogen) atoms. The smallest absolute Gasteiger partial charge is 0.0767 e. The molecular formula is C11H20BrN3S. The summed E-state index contributed by atoms with van der Waals surface area (Å²) in [6.45, 7) is 5.07. The van der Waals surface area contributed by atoms with Crippen molar-refractivity contribution in [2.45, 2.75) is 26.0 Å². The second-order valence-corrected chi connectivity index (χ2v) is 5.86. The Morgan fingerprint density at radius 1 is 1.56 bits per heavy atom. The third-order valence-electron chi connectivity index (χ3n) is 2.55. The number of nitrogens with zero attached hydrogens (tertiary/aromatic N) is 2. The lowest BCUT2D eigenvalue weighted by Crippen LogP contribution is -2.13. The van der Waals surface area contributed by atoms with Crippen LogP contribution in [0, 0.1) is 5.92 Å². The molecule has 0 fully saturated rings. The molecule has 92 valence electrons. The van der Waals surface area contributed by atoms with Crippen LogP contribution in [0.1, 0.15) is 25.2 Å². The minimum absolute atomic E-state index is 0.586. The Hall–Kier alpha value is -0.0000000000000000555. The predicted octanol–water partition coefficient (Wildman–Crippen LogP) is 2.57. The van der Waals surface area contributed by atoms with E-state index in [1.54, 1.807) is 0 Å². The molecule has 0 aliphatic carbocycles. The van der Waals surface area contributed by atoms with Crippen LogP contribution >= 0.6 is 27.7 Å². The van der Waals surface area contributed by atoms with Gasteiger partial charge in [-0.05, 0) is 40.6 Å². The van der Waals surface area contributed by atoms with Crippen LogP contribution in [0.2, 0.25) is 0 Å². The summed E-state index contributed by atoms with van der Waals surface area (Å²) in [6.07, 6.45) is 0.971. The highest BCUT2D eigenvalue weighted by Crippen LogP contribution is 2.25. The highest BCUT2D eigenvalue weighted by molar-refractivity contribution is 9.10. The van der Waals surface area contributed by atoms with Gasteiger partial charge in [0.15, 0.2) is 0 Å². The largest absolute Gasteiger partial charge is 0.330 e. The number of aromatic nitrogens is 2. The van der Waals surface area contributed by atoms with Crippen LogP contribution in [0.25, 0.3) is 0 Å². The van der Waals surface area contributed by atoms with Gasteiger partial charge in [-0.3, -0.25) is 4.68 Å². The van der Waals surface area contributed by atoms with Crippen molar-refractivity contribution in [3.05, 3.63) is 15.9 Å². The number of thioether (sulfide) groups is 1. The quantitative estimate of drug-likeness (QED) is 0.878. The Labute approximate surface area is 110 Å². The Kier molecular flexibility index (Phi) is 5.86. The molecule has 1 unspecified atom stereocenters. The molecule has 0 saturated carbocycles. The number of halogens is 1. The molecule has 0 aliphatic rings. The minimum Gasteiger partial charge on any atom is -0.330 e. The van der Waals surface area contributed by atoms with Crippen LogP contribution in [0.3, 0.4) is 0 Å². The van der Waals surface area contributed by atoms with E-state index in [0.29, 0.717) is 5.92 Å². The van der Waals surface area contributed by atoms with E-state index in [1.165, 1.54) is 10.2 Å². The van der Waals surface area contributed by atoms with E-state index in [9.17, 15) is 0 Å². The first-order valence-electron chi connectivity index (χ1n) is 5.58. The molecule has 3 nitrogen and oxygen atoms in total. The molecule has 0 bridgehead atoms. The molecule has 0 amide bonds. The van der Waals surface area contributed by atoms with Crippen LogP contribution in [0.4, 0.5) is 0 Å². The van der Waals surface area contributed by atoms with E-state index >= 15 is 0 Å². The van der Waals surface area contributed by atoms with Crippen molar-refractivity contribution in [3.8, 4) is 0 Å². The van der Waals surface area contributed by atoms with Gasteiger partial charge in [0, 0.05) is 12.8 Å². The standard InChI is InChI=1S/C11H20BrN3S/c1-4-9-11(12)10(15(3)14-9)7-16-6-8(2)5-13/h8H,4-7,13H2,1-3H3. The lowest BCUT2D eigenvalue weighted by Gasteiger charge is -2.08.